The Hall–Kier alpha value is -3.39. The Balaban J connectivity index is 1.28. The average Bonchev–Trinajstić information content (AvgIpc) is 3.34. The number of fused-ring (bicyclic) bond motifs is 3. The number of ether oxygens (including phenoxy) is 2. The molecule has 2 amide bonds. The molecule has 8 nitrogen and oxygen atoms in total. The van der Waals surface area contributed by atoms with Gasteiger partial charge in [-0.3, -0.25) is 4.79 Å². The van der Waals surface area contributed by atoms with E-state index in [2.05, 4.69) is 22.8 Å². The SMILES string of the molecule is C[C@H](CC(=O)N[C@@H]1CCO[C@@H]1C(=O)O)NC(=O)OCC1c2ccccc2-c2ccccc21. The number of nitrogens with one attached hydrogen (secondary N) is 2. The van der Waals surface area contributed by atoms with Gasteiger partial charge in [0.25, 0.3) is 0 Å². The lowest BCUT2D eigenvalue weighted by atomic mass is 9.98. The van der Waals surface area contributed by atoms with Gasteiger partial charge in [-0.1, -0.05) is 48.5 Å². The first-order valence-electron chi connectivity index (χ1n) is 10.7. The number of amides is 2. The van der Waals surface area contributed by atoms with Gasteiger partial charge in [-0.15, -0.1) is 0 Å². The molecule has 32 heavy (non-hydrogen) atoms. The van der Waals surface area contributed by atoms with Gasteiger partial charge < -0.3 is 25.2 Å². The number of benzene rings is 2. The second kappa shape index (κ2) is 9.40. The van der Waals surface area contributed by atoms with Gasteiger partial charge in [0, 0.05) is 25.0 Å². The highest BCUT2D eigenvalue weighted by Gasteiger charge is 2.35. The van der Waals surface area contributed by atoms with Crippen molar-refractivity contribution in [1.82, 2.24) is 10.6 Å². The van der Waals surface area contributed by atoms with Crippen LogP contribution in [0.2, 0.25) is 0 Å². The smallest absolute Gasteiger partial charge is 0.407 e. The summed E-state index contributed by atoms with van der Waals surface area (Å²) in [6, 6.07) is 15.1. The molecule has 0 bridgehead atoms. The number of carbonyl (C=O) groups is 3. The van der Waals surface area contributed by atoms with Crippen molar-refractivity contribution in [3.63, 3.8) is 0 Å². The molecular weight excluding hydrogens is 412 g/mol. The van der Waals surface area contributed by atoms with Crippen molar-refractivity contribution in [2.24, 2.45) is 0 Å². The van der Waals surface area contributed by atoms with Crippen LogP contribution >= 0.6 is 0 Å². The van der Waals surface area contributed by atoms with Crippen LogP contribution in [0.1, 0.15) is 36.8 Å². The summed E-state index contributed by atoms with van der Waals surface area (Å²) in [5.74, 6) is -1.49. The zero-order valence-corrected chi connectivity index (χ0v) is 17.7. The van der Waals surface area contributed by atoms with Gasteiger partial charge >= 0.3 is 12.1 Å². The first-order chi connectivity index (χ1) is 15.4. The number of carbonyl (C=O) groups excluding carboxylic acids is 2. The topological polar surface area (TPSA) is 114 Å². The highest BCUT2D eigenvalue weighted by molar-refractivity contribution is 5.81. The van der Waals surface area contributed by atoms with Crippen molar-refractivity contribution in [2.75, 3.05) is 13.2 Å². The predicted molar refractivity (Wildman–Crippen MR) is 116 cm³/mol. The second-order valence-electron chi connectivity index (χ2n) is 8.17. The van der Waals surface area contributed by atoms with Crippen molar-refractivity contribution in [2.45, 2.75) is 43.9 Å². The van der Waals surface area contributed by atoms with Gasteiger partial charge in [0.2, 0.25) is 5.91 Å². The standard InChI is InChI=1S/C24H26N2O6/c1-14(12-21(27)26-20-10-11-31-22(20)23(28)29)25-24(30)32-13-19-17-8-4-2-6-15(17)16-7-3-5-9-18(16)19/h2-9,14,19-20,22H,10-13H2,1H3,(H,25,30)(H,26,27)(H,28,29)/t14-,20-,22+/m1/s1. The first kappa shape index (κ1) is 21.8. The highest BCUT2D eigenvalue weighted by Crippen LogP contribution is 2.44. The largest absolute Gasteiger partial charge is 0.479 e. The molecule has 0 unspecified atom stereocenters. The Labute approximate surface area is 185 Å². The van der Waals surface area contributed by atoms with Crippen molar-refractivity contribution in [3.8, 4) is 11.1 Å². The minimum atomic E-state index is -1.10. The summed E-state index contributed by atoms with van der Waals surface area (Å²) >= 11 is 0. The zero-order chi connectivity index (χ0) is 22.7. The number of aliphatic carboxylic acids is 1. The van der Waals surface area contributed by atoms with Gasteiger partial charge in [-0.2, -0.15) is 0 Å². The number of carboxylic acids is 1. The van der Waals surface area contributed by atoms with Crippen LogP contribution in [0.25, 0.3) is 11.1 Å². The van der Waals surface area contributed by atoms with E-state index < -0.39 is 30.3 Å². The summed E-state index contributed by atoms with van der Waals surface area (Å²) < 4.78 is 10.6. The van der Waals surface area contributed by atoms with Crippen LogP contribution in [0.5, 0.6) is 0 Å². The molecule has 1 aliphatic carbocycles. The van der Waals surface area contributed by atoms with Crippen LogP contribution in [-0.2, 0) is 19.1 Å². The fourth-order valence-corrected chi connectivity index (χ4v) is 4.42. The van der Waals surface area contributed by atoms with Crippen molar-refractivity contribution in [3.05, 3.63) is 59.7 Å². The van der Waals surface area contributed by atoms with E-state index in [-0.39, 0.29) is 31.5 Å². The quantitative estimate of drug-likeness (QED) is 0.612. The van der Waals surface area contributed by atoms with Gasteiger partial charge in [0.05, 0.1) is 6.04 Å². The van der Waals surface area contributed by atoms with Crippen molar-refractivity contribution >= 4 is 18.0 Å². The van der Waals surface area contributed by atoms with E-state index in [1.807, 2.05) is 36.4 Å². The zero-order valence-electron chi connectivity index (χ0n) is 17.7. The molecule has 1 aliphatic heterocycles. The second-order valence-corrected chi connectivity index (χ2v) is 8.17. The molecule has 2 aliphatic rings. The number of carboxylic acid groups (broad SMARTS) is 1. The Morgan fingerprint density at radius 1 is 1.09 bits per heavy atom. The Morgan fingerprint density at radius 2 is 1.72 bits per heavy atom. The summed E-state index contributed by atoms with van der Waals surface area (Å²) in [6.07, 6.45) is -1.19. The minimum absolute atomic E-state index is 0.00698. The maximum absolute atomic E-state index is 12.3. The third kappa shape index (κ3) is 4.60. The summed E-state index contributed by atoms with van der Waals surface area (Å²) in [4.78, 5) is 35.7. The third-order valence-electron chi connectivity index (χ3n) is 5.88. The van der Waals surface area contributed by atoms with Crippen molar-refractivity contribution < 1.29 is 29.0 Å². The lowest BCUT2D eigenvalue weighted by Gasteiger charge is -2.19. The van der Waals surface area contributed by atoms with E-state index in [9.17, 15) is 14.4 Å². The summed E-state index contributed by atoms with van der Waals surface area (Å²) in [6.45, 7) is 2.18. The Kier molecular flexibility index (Phi) is 6.41. The van der Waals surface area contributed by atoms with Crippen LogP contribution in [0.15, 0.2) is 48.5 Å². The molecule has 4 rings (SSSR count). The molecule has 0 saturated carbocycles. The molecule has 3 atom stereocenters. The predicted octanol–water partition coefficient (Wildman–Crippen LogP) is 2.66. The number of hydrogen-bond acceptors (Lipinski definition) is 5. The number of alkyl carbamates (subject to hydrolysis) is 1. The Bertz CT molecular complexity index is 978. The number of hydrogen-bond donors (Lipinski definition) is 3. The fourth-order valence-electron chi connectivity index (χ4n) is 4.42. The molecule has 2 aromatic rings. The van der Waals surface area contributed by atoms with Crippen LogP contribution < -0.4 is 10.6 Å². The highest BCUT2D eigenvalue weighted by atomic mass is 16.5. The molecule has 0 aromatic heterocycles. The van der Waals surface area contributed by atoms with E-state index in [0.29, 0.717) is 6.42 Å². The minimum Gasteiger partial charge on any atom is -0.479 e. The van der Waals surface area contributed by atoms with E-state index in [1.165, 1.54) is 0 Å². The summed E-state index contributed by atoms with van der Waals surface area (Å²) in [5, 5.41) is 14.5. The van der Waals surface area contributed by atoms with Crippen LogP contribution in [0, 0.1) is 0 Å². The average molecular weight is 438 g/mol. The lowest BCUT2D eigenvalue weighted by Crippen LogP contribution is -2.46. The van der Waals surface area contributed by atoms with Gasteiger partial charge in [0.1, 0.15) is 6.61 Å². The fraction of sp³-hybridized carbons (Fsp3) is 0.375. The van der Waals surface area contributed by atoms with E-state index in [4.69, 9.17) is 14.6 Å². The maximum Gasteiger partial charge on any atom is 0.407 e. The lowest BCUT2D eigenvalue weighted by molar-refractivity contribution is -0.148. The molecular formula is C24H26N2O6. The molecule has 0 spiro atoms. The van der Waals surface area contributed by atoms with Gasteiger partial charge in [0.15, 0.2) is 6.10 Å². The molecule has 1 fully saturated rings. The van der Waals surface area contributed by atoms with E-state index in [0.717, 1.165) is 22.3 Å². The van der Waals surface area contributed by atoms with Crippen LogP contribution in [0.4, 0.5) is 4.79 Å². The summed E-state index contributed by atoms with van der Waals surface area (Å²) in [5.41, 5.74) is 4.55. The van der Waals surface area contributed by atoms with Gasteiger partial charge in [-0.05, 0) is 35.6 Å². The Morgan fingerprint density at radius 3 is 2.34 bits per heavy atom. The molecule has 2 aromatic carbocycles. The maximum atomic E-state index is 12.3. The van der Waals surface area contributed by atoms with Crippen LogP contribution in [0.3, 0.4) is 0 Å². The molecule has 8 heteroatoms. The monoisotopic (exact) mass is 438 g/mol. The third-order valence-corrected chi connectivity index (χ3v) is 5.88. The van der Waals surface area contributed by atoms with Gasteiger partial charge in [-0.25, -0.2) is 9.59 Å². The normalized spacial score (nSPS) is 20.2. The molecule has 3 N–H and O–H groups in total. The molecule has 0 radical (unpaired) electrons. The number of rotatable bonds is 7. The van der Waals surface area contributed by atoms with Crippen LogP contribution in [-0.4, -0.2) is 54.5 Å². The van der Waals surface area contributed by atoms with Crippen molar-refractivity contribution in [1.29, 1.82) is 0 Å². The molecule has 168 valence electrons. The van der Waals surface area contributed by atoms with E-state index in [1.54, 1.807) is 6.92 Å². The van der Waals surface area contributed by atoms with E-state index >= 15 is 0 Å². The molecule has 1 heterocycles. The first-order valence-corrected chi connectivity index (χ1v) is 10.7. The molecule has 1 saturated heterocycles. The summed E-state index contributed by atoms with van der Waals surface area (Å²) in [7, 11) is 0.